The third-order valence-electron chi connectivity index (χ3n) is 4.85. The van der Waals surface area contributed by atoms with Crippen molar-refractivity contribution in [2.45, 2.75) is 59.7 Å². The number of methoxy groups -OCH3 is 1. The molecule has 1 heterocycles. The third kappa shape index (κ3) is 6.07. The van der Waals surface area contributed by atoms with Crippen molar-refractivity contribution in [3.05, 3.63) is 63.8 Å². The maximum atomic E-state index is 12.3. The van der Waals surface area contributed by atoms with E-state index < -0.39 is 17.7 Å². The van der Waals surface area contributed by atoms with Crippen LogP contribution in [0, 0.1) is 13.8 Å². The lowest BCUT2D eigenvalue weighted by Gasteiger charge is -2.27. The molecule has 6 heteroatoms. The van der Waals surface area contributed by atoms with Crippen molar-refractivity contribution in [3.8, 4) is 0 Å². The fourth-order valence-corrected chi connectivity index (χ4v) is 3.15. The SMILES string of the molecule is C=C(C(C)=Nc1[nH]c(C)c(C)c1Cc1ccc(Cl)cc1)C(OC(C)(C)C)C(=O)OC. The number of aromatic amines is 1. The Morgan fingerprint density at radius 2 is 1.83 bits per heavy atom. The number of halogens is 1. The van der Waals surface area contributed by atoms with Crippen molar-refractivity contribution in [2.24, 2.45) is 4.99 Å². The lowest BCUT2D eigenvalue weighted by atomic mass is 10.0. The molecule has 30 heavy (non-hydrogen) atoms. The second-order valence-electron chi connectivity index (χ2n) is 8.36. The van der Waals surface area contributed by atoms with Gasteiger partial charge in [0.1, 0.15) is 5.82 Å². The number of H-pyrrole nitrogens is 1. The van der Waals surface area contributed by atoms with Gasteiger partial charge in [0.25, 0.3) is 0 Å². The average molecular weight is 431 g/mol. The Kier molecular flexibility index (Phi) is 7.67. The van der Waals surface area contributed by atoms with Crippen LogP contribution in [0.4, 0.5) is 5.82 Å². The minimum Gasteiger partial charge on any atom is -0.467 e. The first kappa shape index (κ1) is 23.9. The lowest BCUT2D eigenvalue weighted by Crippen LogP contribution is -2.37. The summed E-state index contributed by atoms with van der Waals surface area (Å²) in [4.78, 5) is 20.4. The summed E-state index contributed by atoms with van der Waals surface area (Å²) < 4.78 is 10.8. The van der Waals surface area contributed by atoms with E-state index in [4.69, 9.17) is 26.1 Å². The fraction of sp³-hybridized carbons (Fsp3) is 0.417. The standard InChI is InChI=1S/C24H31ClN2O3/c1-14-16(3)26-22(20(14)13-18-9-11-19(25)12-10-18)27-17(4)15(2)21(23(28)29-8)30-24(5,6)7/h9-12,21,26H,2,13H2,1,3-8H3. The van der Waals surface area contributed by atoms with Crippen molar-refractivity contribution in [3.63, 3.8) is 0 Å². The molecule has 0 amide bonds. The summed E-state index contributed by atoms with van der Waals surface area (Å²) in [6, 6.07) is 7.78. The molecular weight excluding hydrogens is 400 g/mol. The van der Waals surface area contributed by atoms with E-state index in [0.29, 0.717) is 22.7 Å². The number of benzene rings is 1. The van der Waals surface area contributed by atoms with Gasteiger partial charge in [-0.15, -0.1) is 0 Å². The highest BCUT2D eigenvalue weighted by Crippen LogP contribution is 2.29. The molecule has 1 aromatic carbocycles. The van der Waals surface area contributed by atoms with Gasteiger partial charge in [0, 0.05) is 34.0 Å². The number of nitrogens with zero attached hydrogens (tertiary/aromatic N) is 1. The smallest absolute Gasteiger partial charge is 0.339 e. The lowest BCUT2D eigenvalue weighted by molar-refractivity contribution is -0.158. The molecule has 1 N–H and O–H groups in total. The summed E-state index contributed by atoms with van der Waals surface area (Å²) in [5, 5.41) is 0.707. The monoisotopic (exact) mass is 430 g/mol. The van der Waals surface area contributed by atoms with Gasteiger partial charge >= 0.3 is 5.97 Å². The second-order valence-corrected chi connectivity index (χ2v) is 8.80. The zero-order chi connectivity index (χ0) is 22.6. The van der Waals surface area contributed by atoms with Crippen LogP contribution in [0.3, 0.4) is 0 Å². The molecule has 1 atom stereocenters. The molecule has 0 saturated carbocycles. The number of aryl methyl sites for hydroxylation is 1. The van der Waals surface area contributed by atoms with E-state index in [0.717, 1.165) is 28.2 Å². The highest BCUT2D eigenvalue weighted by molar-refractivity contribution is 6.30. The molecule has 0 spiro atoms. The molecule has 0 saturated heterocycles. The van der Waals surface area contributed by atoms with Crippen molar-refractivity contribution < 1.29 is 14.3 Å². The summed E-state index contributed by atoms with van der Waals surface area (Å²) in [6.45, 7) is 15.6. The molecule has 2 rings (SSSR count). The van der Waals surface area contributed by atoms with Crippen LogP contribution in [0.25, 0.3) is 0 Å². The molecule has 0 fully saturated rings. The first-order chi connectivity index (χ1) is 13.9. The van der Waals surface area contributed by atoms with Gasteiger partial charge in [0.05, 0.1) is 12.7 Å². The minimum atomic E-state index is -0.921. The number of ether oxygens (including phenoxy) is 2. The van der Waals surface area contributed by atoms with E-state index in [-0.39, 0.29) is 0 Å². The van der Waals surface area contributed by atoms with Crippen LogP contribution >= 0.6 is 11.6 Å². The molecule has 0 radical (unpaired) electrons. The fourth-order valence-electron chi connectivity index (χ4n) is 3.02. The molecule has 162 valence electrons. The Morgan fingerprint density at radius 1 is 1.23 bits per heavy atom. The zero-order valence-corrected chi connectivity index (χ0v) is 19.6. The second kappa shape index (κ2) is 9.63. The maximum Gasteiger partial charge on any atom is 0.339 e. The highest BCUT2D eigenvalue weighted by Gasteiger charge is 2.30. The highest BCUT2D eigenvalue weighted by atomic mass is 35.5. The summed E-state index contributed by atoms with van der Waals surface area (Å²) in [7, 11) is 1.34. The number of esters is 1. The van der Waals surface area contributed by atoms with Gasteiger partial charge in [0.15, 0.2) is 6.10 Å². The Balaban J connectivity index is 2.38. The molecule has 0 bridgehead atoms. The van der Waals surface area contributed by atoms with E-state index in [1.807, 2.05) is 58.9 Å². The normalized spacial score (nSPS) is 13.3. The molecule has 2 aromatic rings. The van der Waals surface area contributed by atoms with Crippen LogP contribution in [0.2, 0.25) is 5.02 Å². The summed E-state index contributed by atoms with van der Waals surface area (Å²) in [5.41, 5.74) is 4.96. The quantitative estimate of drug-likeness (QED) is 0.440. The molecule has 5 nitrogen and oxygen atoms in total. The van der Waals surface area contributed by atoms with Crippen LogP contribution in [0.1, 0.15) is 50.1 Å². The third-order valence-corrected chi connectivity index (χ3v) is 5.10. The van der Waals surface area contributed by atoms with Gasteiger partial charge in [-0.2, -0.15) is 0 Å². The molecule has 1 aromatic heterocycles. The predicted octanol–water partition coefficient (Wildman–Crippen LogP) is 5.88. The van der Waals surface area contributed by atoms with Crippen molar-refractivity contribution in [1.29, 1.82) is 0 Å². The number of hydrogen-bond donors (Lipinski definition) is 1. The van der Waals surface area contributed by atoms with Crippen molar-refractivity contribution in [2.75, 3.05) is 7.11 Å². The van der Waals surface area contributed by atoms with Gasteiger partial charge in [-0.25, -0.2) is 9.79 Å². The van der Waals surface area contributed by atoms with E-state index in [1.54, 1.807) is 0 Å². The number of aliphatic imine (C=N–C) groups is 1. The molecular formula is C24H31ClN2O3. The van der Waals surface area contributed by atoms with Crippen LogP contribution in [-0.4, -0.2) is 35.5 Å². The van der Waals surface area contributed by atoms with Crippen molar-refractivity contribution >= 4 is 29.1 Å². The zero-order valence-electron chi connectivity index (χ0n) is 18.9. The molecule has 1 unspecified atom stereocenters. The van der Waals surface area contributed by atoms with E-state index in [1.165, 1.54) is 7.11 Å². The maximum absolute atomic E-state index is 12.3. The molecule has 0 aliphatic rings. The van der Waals surface area contributed by atoms with E-state index in [2.05, 4.69) is 18.5 Å². The first-order valence-electron chi connectivity index (χ1n) is 9.85. The number of hydrogen-bond acceptors (Lipinski definition) is 4. The Labute approximate surface area is 184 Å². The van der Waals surface area contributed by atoms with Gasteiger partial charge in [-0.3, -0.25) is 0 Å². The largest absolute Gasteiger partial charge is 0.467 e. The predicted molar refractivity (Wildman–Crippen MR) is 123 cm³/mol. The first-order valence-corrected chi connectivity index (χ1v) is 10.2. The number of rotatable bonds is 7. The van der Waals surface area contributed by atoms with Gasteiger partial charge < -0.3 is 14.5 Å². The van der Waals surface area contributed by atoms with Crippen LogP contribution in [0.5, 0.6) is 0 Å². The van der Waals surface area contributed by atoms with Crippen LogP contribution in [0.15, 0.2) is 41.4 Å². The topological polar surface area (TPSA) is 63.7 Å². The average Bonchev–Trinajstić information content (AvgIpc) is 2.93. The van der Waals surface area contributed by atoms with Gasteiger partial charge in [-0.05, 0) is 64.8 Å². The van der Waals surface area contributed by atoms with Gasteiger partial charge in [-0.1, -0.05) is 30.3 Å². The summed E-state index contributed by atoms with van der Waals surface area (Å²) in [5.74, 6) is 0.252. The van der Waals surface area contributed by atoms with E-state index in [9.17, 15) is 4.79 Å². The number of carbonyl (C=O) groups excluding carboxylic acids is 1. The van der Waals surface area contributed by atoms with Gasteiger partial charge in [0.2, 0.25) is 0 Å². The number of carbonyl (C=O) groups is 1. The Hall–Kier alpha value is -2.37. The van der Waals surface area contributed by atoms with E-state index >= 15 is 0 Å². The minimum absolute atomic E-state index is 0.471. The van der Waals surface area contributed by atoms with Crippen molar-refractivity contribution in [1.82, 2.24) is 4.98 Å². The summed E-state index contributed by atoms with van der Waals surface area (Å²) >= 11 is 6.01. The van der Waals surface area contributed by atoms with Crippen LogP contribution in [-0.2, 0) is 20.7 Å². The molecule has 0 aliphatic carbocycles. The molecule has 0 aliphatic heterocycles. The summed E-state index contributed by atoms with van der Waals surface area (Å²) in [6.07, 6.45) is -0.208. The number of aromatic nitrogens is 1. The number of nitrogens with one attached hydrogen (secondary N) is 1. The van der Waals surface area contributed by atoms with Crippen LogP contribution < -0.4 is 0 Å². The Bertz CT molecular complexity index is 950. The Morgan fingerprint density at radius 3 is 2.37 bits per heavy atom.